The lowest BCUT2D eigenvalue weighted by molar-refractivity contribution is -0.123. The Balaban J connectivity index is 1.49. The zero-order chi connectivity index (χ0) is 21.3. The first kappa shape index (κ1) is 20.7. The number of hydrogen-bond donors (Lipinski definition) is 2. The van der Waals surface area contributed by atoms with Crippen molar-refractivity contribution in [3.05, 3.63) is 108 Å². The highest BCUT2D eigenvalue weighted by atomic mass is 16.2. The van der Waals surface area contributed by atoms with E-state index in [1.807, 2.05) is 48.7 Å². The minimum absolute atomic E-state index is 0.0170. The largest absolute Gasteiger partial charge is 0.354 e. The van der Waals surface area contributed by atoms with Crippen molar-refractivity contribution >= 4 is 16.7 Å². The molecule has 0 radical (unpaired) electrons. The van der Waals surface area contributed by atoms with Gasteiger partial charge in [-0.2, -0.15) is 0 Å². The third-order valence-electron chi connectivity index (χ3n) is 5.34. The van der Waals surface area contributed by atoms with Crippen LogP contribution in [0.1, 0.15) is 22.7 Å². The molecular formula is C26H26N4O. The smallest absolute Gasteiger partial charge is 0.241 e. The summed E-state index contributed by atoms with van der Waals surface area (Å²) in [6, 6.07) is 21.8. The van der Waals surface area contributed by atoms with Crippen molar-refractivity contribution < 1.29 is 4.79 Å². The Bertz CT molecular complexity index is 1110. The molecule has 0 fully saturated rings. The maximum atomic E-state index is 13.2. The lowest BCUT2D eigenvalue weighted by Crippen LogP contribution is -2.39. The van der Waals surface area contributed by atoms with Crippen molar-refractivity contribution in [3.63, 3.8) is 0 Å². The third kappa shape index (κ3) is 5.53. The first-order valence-electron chi connectivity index (χ1n) is 10.6. The molecule has 0 aliphatic carbocycles. The molecule has 4 aromatic rings. The average Bonchev–Trinajstić information content (AvgIpc) is 2.83. The summed E-state index contributed by atoms with van der Waals surface area (Å²) in [6.07, 6.45) is 8.76. The second-order valence-electron chi connectivity index (χ2n) is 7.46. The Hall–Kier alpha value is -3.57. The van der Waals surface area contributed by atoms with Gasteiger partial charge in [0.2, 0.25) is 5.91 Å². The molecule has 2 heterocycles. The zero-order valence-electron chi connectivity index (χ0n) is 17.4. The second-order valence-corrected chi connectivity index (χ2v) is 7.46. The number of fused-ring (bicyclic) bond motifs is 1. The maximum absolute atomic E-state index is 13.2. The van der Waals surface area contributed by atoms with Crippen LogP contribution in [0, 0.1) is 0 Å². The lowest BCUT2D eigenvalue weighted by atomic mass is 9.97. The first-order chi connectivity index (χ1) is 15.3. The van der Waals surface area contributed by atoms with Crippen LogP contribution in [0.15, 0.2) is 91.5 Å². The number of rotatable bonds is 9. The van der Waals surface area contributed by atoms with Gasteiger partial charge in [0.1, 0.15) is 6.04 Å². The normalized spacial score (nSPS) is 11.9. The standard InChI is InChI=1S/C26H26N4O/c31-26(30-18-12-20-10-15-27-16-11-20)25(29-17-13-21-5-4-14-28-19-21)24-9-3-7-22-6-1-2-8-23(22)24/h1-11,14-16,19,25,29H,12-13,17-18H2,(H,30,31). The van der Waals surface area contributed by atoms with Gasteiger partial charge in [0.15, 0.2) is 0 Å². The van der Waals surface area contributed by atoms with Gasteiger partial charge in [0.25, 0.3) is 0 Å². The summed E-state index contributed by atoms with van der Waals surface area (Å²) in [5.41, 5.74) is 3.29. The van der Waals surface area contributed by atoms with Crippen molar-refractivity contribution in [2.75, 3.05) is 13.1 Å². The van der Waals surface area contributed by atoms with E-state index in [1.165, 1.54) is 0 Å². The van der Waals surface area contributed by atoms with Gasteiger partial charge in [-0.3, -0.25) is 14.8 Å². The van der Waals surface area contributed by atoms with Crippen LogP contribution in [-0.2, 0) is 17.6 Å². The lowest BCUT2D eigenvalue weighted by Gasteiger charge is -2.21. The molecule has 2 N–H and O–H groups in total. The van der Waals surface area contributed by atoms with E-state index in [-0.39, 0.29) is 5.91 Å². The molecule has 1 amide bonds. The van der Waals surface area contributed by atoms with Gasteiger partial charge >= 0.3 is 0 Å². The number of carbonyl (C=O) groups excluding carboxylic acids is 1. The number of nitrogens with one attached hydrogen (secondary N) is 2. The van der Waals surface area contributed by atoms with Crippen LogP contribution in [0.5, 0.6) is 0 Å². The number of hydrogen-bond acceptors (Lipinski definition) is 4. The van der Waals surface area contributed by atoms with Crippen LogP contribution in [0.2, 0.25) is 0 Å². The van der Waals surface area contributed by atoms with Gasteiger partial charge in [-0.05, 0) is 58.5 Å². The molecule has 0 aliphatic heterocycles. The van der Waals surface area contributed by atoms with E-state index >= 15 is 0 Å². The topological polar surface area (TPSA) is 66.9 Å². The van der Waals surface area contributed by atoms with Crippen molar-refractivity contribution in [2.24, 2.45) is 0 Å². The molecule has 4 rings (SSSR count). The molecule has 156 valence electrons. The van der Waals surface area contributed by atoms with Crippen molar-refractivity contribution in [2.45, 2.75) is 18.9 Å². The fourth-order valence-corrected chi connectivity index (χ4v) is 3.73. The minimum Gasteiger partial charge on any atom is -0.354 e. The molecule has 31 heavy (non-hydrogen) atoms. The Morgan fingerprint density at radius 3 is 2.42 bits per heavy atom. The fraction of sp³-hybridized carbons (Fsp3) is 0.192. The van der Waals surface area contributed by atoms with E-state index < -0.39 is 6.04 Å². The number of nitrogens with zero attached hydrogens (tertiary/aromatic N) is 2. The summed E-state index contributed by atoms with van der Waals surface area (Å²) >= 11 is 0. The van der Waals surface area contributed by atoms with Crippen LogP contribution in [0.3, 0.4) is 0 Å². The Kier molecular flexibility index (Phi) is 6.98. The van der Waals surface area contributed by atoms with Gasteiger partial charge in [0, 0.05) is 37.9 Å². The number of benzene rings is 2. The first-order valence-corrected chi connectivity index (χ1v) is 10.6. The van der Waals surface area contributed by atoms with Crippen LogP contribution in [0.4, 0.5) is 0 Å². The number of carbonyl (C=O) groups is 1. The molecule has 0 bridgehead atoms. The molecule has 5 heteroatoms. The Morgan fingerprint density at radius 2 is 1.58 bits per heavy atom. The SMILES string of the molecule is O=C(NCCc1ccncc1)C(NCCc1cccnc1)c1cccc2ccccc12. The van der Waals surface area contributed by atoms with Crippen LogP contribution in [-0.4, -0.2) is 29.0 Å². The highest BCUT2D eigenvalue weighted by Crippen LogP contribution is 2.24. The molecule has 1 atom stereocenters. The van der Waals surface area contributed by atoms with Gasteiger partial charge in [-0.1, -0.05) is 48.5 Å². The predicted octanol–water partition coefficient (Wildman–Crippen LogP) is 3.86. The molecule has 0 aliphatic rings. The van der Waals surface area contributed by atoms with E-state index in [4.69, 9.17) is 0 Å². The number of aromatic nitrogens is 2. The average molecular weight is 411 g/mol. The summed E-state index contributed by atoms with van der Waals surface area (Å²) in [7, 11) is 0. The van der Waals surface area contributed by atoms with E-state index in [2.05, 4.69) is 44.9 Å². The molecule has 0 saturated carbocycles. The monoisotopic (exact) mass is 410 g/mol. The summed E-state index contributed by atoms with van der Waals surface area (Å²) in [4.78, 5) is 21.4. The maximum Gasteiger partial charge on any atom is 0.241 e. The highest BCUT2D eigenvalue weighted by Gasteiger charge is 2.21. The predicted molar refractivity (Wildman–Crippen MR) is 124 cm³/mol. The van der Waals surface area contributed by atoms with E-state index in [0.717, 1.165) is 40.3 Å². The molecule has 2 aromatic carbocycles. The minimum atomic E-state index is -0.430. The van der Waals surface area contributed by atoms with E-state index in [1.54, 1.807) is 18.6 Å². The Morgan fingerprint density at radius 1 is 0.774 bits per heavy atom. The van der Waals surface area contributed by atoms with Crippen LogP contribution >= 0.6 is 0 Å². The number of pyridine rings is 2. The number of amides is 1. The van der Waals surface area contributed by atoms with Crippen molar-refractivity contribution in [1.82, 2.24) is 20.6 Å². The van der Waals surface area contributed by atoms with Crippen molar-refractivity contribution in [3.8, 4) is 0 Å². The van der Waals surface area contributed by atoms with Crippen LogP contribution < -0.4 is 10.6 Å². The fourth-order valence-electron chi connectivity index (χ4n) is 3.73. The van der Waals surface area contributed by atoms with Crippen LogP contribution in [0.25, 0.3) is 10.8 Å². The summed E-state index contributed by atoms with van der Waals surface area (Å²) in [5, 5.41) is 8.80. The Labute approximate surface area is 182 Å². The summed E-state index contributed by atoms with van der Waals surface area (Å²) < 4.78 is 0. The molecule has 2 aromatic heterocycles. The quantitative estimate of drug-likeness (QED) is 0.440. The van der Waals surface area contributed by atoms with Gasteiger partial charge in [-0.15, -0.1) is 0 Å². The zero-order valence-corrected chi connectivity index (χ0v) is 17.4. The molecule has 5 nitrogen and oxygen atoms in total. The third-order valence-corrected chi connectivity index (χ3v) is 5.34. The van der Waals surface area contributed by atoms with Gasteiger partial charge < -0.3 is 10.6 Å². The molecule has 0 saturated heterocycles. The molecular weight excluding hydrogens is 384 g/mol. The van der Waals surface area contributed by atoms with Gasteiger partial charge in [0.05, 0.1) is 0 Å². The molecule has 1 unspecified atom stereocenters. The summed E-state index contributed by atoms with van der Waals surface area (Å²) in [6.45, 7) is 1.26. The van der Waals surface area contributed by atoms with E-state index in [9.17, 15) is 4.79 Å². The second kappa shape index (κ2) is 10.5. The van der Waals surface area contributed by atoms with E-state index in [0.29, 0.717) is 13.1 Å². The van der Waals surface area contributed by atoms with Crippen molar-refractivity contribution in [1.29, 1.82) is 0 Å². The molecule has 0 spiro atoms. The van der Waals surface area contributed by atoms with Gasteiger partial charge in [-0.25, -0.2) is 0 Å². The summed E-state index contributed by atoms with van der Waals surface area (Å²) in [5.74, 6) is -0.0170. The highest BCUT2D eigenvalue weighted by molar-refractivity contribution is 5.92.